The van der Waals surface area contributed by atoms with E-state index >= 15 is 0 Å². The van der Waals surface area contributed by atoms with Gasteiger partial charge in [0.15, 0.2) is 5.79 Å². The van der Waals surface area contributed by atoms with Crippen LogP contribution in [0.2, 0.25) is 23.7 Å². The molecule has 0 N–H and O–H groups in total. The molecule has 0 aromatic rings. The Morgan fingerprint density at radius 1 is 1.16 bits per heavy atom. The normalized spacial score (nSPS) is 34.0. The fourth-order valence-electron chi connectivity index (χ4n) is 4.17. The van der Waals surface area contributed by atoms with Gasteiger partial charge in [-0.25, -0.2) is 0 Å². The molecule has 1 aliphatic heterocycles. The van der Waals surface area contributed by atoms with Crippen molar-refractivity contribution in [3.05, 3.63) is 11.6 Å². The fraction of sp³-hybridized carbons (Fsp3) is 0.875. The Hall–Kier alpha value is -0.123. The van der Waals surface area contributed by atoms with Crippen LogP contribution in [-0.2, 0) is 9.47 Å². The van der Waals surface area contributed by atoms with Gasteiger partial charge in [-0.2, -0.15) is 0 Å². The summed E-state index contributed by atoms with van der Waals surface area (Å²) in [5, 5.41) is 0. The van der Waals surface area contributed by atoms with Gasteiger partial charge in [-0.1, -0.05) is 50.6 Å². The first kappa shape index (κ1) is 15.3. The van der Waals surface area contributed by atoms with Crippen LogP contribution < -0.4 is 0 Å². The van der Waals surface area contributed by atoms with Gasteiger partial charge in [-0.3, -0.25) is 0 Å². The molecule has 1 aliphatic carbocycles. The van der Waals surface area contributed by atoms with E-state index in [0.29, 0.717) is 6.10 Å². The zero-order valence-electron chi connectivity index (χ0n) is 13.5. The maximum Gasteiger partial charge on any atom is 0.164 e. The highest BCUT2D eigenvalue weighted by molar-refractivity contribution is 6.81. The molecule has 2 nitrogen and oxygen atoms in total. The van der Waals surface area contributed by atoms with Gasteiger partial charge >= 0.3 is 0 Å². The van der Waals surface area contributed by atoms with E-state index in [2.05, 4.69) is 47.6 Å². The van der Waals surface area contributed by atoms with E-state index in [-0.39, 0.29) is 6.10 Å². The van der Waals surface area contributed by atoms with Crippen molar-refractivity contribution in [3.63, 3.8) is 0 Å². The molecule has 0 amide bonds. The fourth-order valence-corrected chi connectivity index (χ4v) is 8.95. The highest BCUT2D eigenvalue weighted by atomic mass is 28.3. The van der Waals surface area contributed by atoms with Gasteiger partial charge in [0, 0.05) is 0 Å². The van der Waals surface area contributed by atoms with Crippen molar-refractivity contribution >= 4 is 8.07 Å². The summed E-state index contributed by atoms with van der Waals surface area (Å²) in [6.07, 6.45) is 4.01. The molecule has 1 saturated heterocycles. The summed E-state index contributed by atoms with van der Waals surface area (Å²) >= 11 is 0. The van der Waals surface area contributed by atoms with E-state index in [9.17, 15) is 0 Å². The molecule has 1 fully saturated rings. The highest BCUT2D eigenvalue weighted by Crippen LogP contribution is 2.49. The summed E-state index contributed by atoms with van der Waals surface area (Å²) in [5.74, 6) is -0.413. The SMILES string of the molecule is CC[Si](CC)(CC)[C@H]1CC(C)=C[C@@H]2OC(C)(C)O[C@@H]21. The smallest absolute Gasteiger partial charge is 0.164 e. The first-order chi connectivity index (χ1) is 8.87. The van der Waals surface area contributed by atoms with Crippen LogP contribution in [0, 0.1) is 0 Å². The van der Waals surface area contributed by atoms with Crippen LogP contribution in [0.15, 0.2) is 11.6 Å². The van der Waals surface area contributed by atoms with Crippen LogP contribution in [0.1, 0.15) is 48.0 Å². The van der Waals surface area contributed by atoms with Gasteiger partial charge in [0.25, 0.3) is 0 Å². The molecule has 0 aromatic heterocycles. The molecule has 2 rings (SSSR count). The summed E-state index contributed by atoms with van der Waals surface area (Å²) in [7, 11) is -1.25. The first-order valence-corrected chi connectivity index (χ1v) is 10.6. The number of allylic oxidation sites excluding steroid dienone is 1. The van der Waals surface area contributed by atoms with Crippen molar-refractivity contribution in [2.75, 3.05) is 0 Å². The number of rotatable bonds is 4. The lowest BCUT2D eigenvalue weighted by molar-refractivity contribution is -0.143. The number of hydrogen-bond donors (Lipinski definition) is 0. The molecule has 3 atom stereocenters. The third-order valence-corrected chi connectivity index (χ3v) is 11.8. The molecule has 0 spiro atoms. The maximum absolute atomic E-state index is 6.29. The Balaban J connectivity index is 2.33. The quantitative estimate of drug-likeness (QED) is 0.548. The average Bonchev–Trinajstić information content (AvgIpc) is 2.66. The zero-order valence-corrected chi connectivity index (χ0v) is 14.5. The predicted molar refractivity (Wildman–Crippen MR) is 83.1 cm³/mol. The lowest BCUT2D eigenvalue weighted by atomic mass is 9.95. The van der Waals surface area contributed by atoms with Gasteiger partial charge in [0.2, 0.25) is 0 Å². The molecule has 0 saturated carbocycles. The molecule has 110 valence electrons. The van der Waals surface area contributed by atoms with Crippen LogP contribution in [0.4, 0.5) is 0 Å². The van der Waals surface area contributed by atoms with Gasteiger partial charge < -0.3 is 9.47 Å². The average molecular weight is 282 g/mol. The molecule has 0 aromatic carbocycles. The van der Waals surface area contributed by atoms with Crippen molar-refractivity contribution in [2.24, 2.45) is 0 Å². The third kappa shape index (κ3) is 2.70. The molecule has 0 bridgehead atoms. The monoisotopic (exact) mass is 282 g/mol. The minimum Gasteiger partial charge on any atom is -0.344 e. The van der Waals surface area contributed by atoms with Crippen LogP contribution in [0.5, 0.6) is 0 Å². The first-order valence-electron chi connectivity index (χ1n) is 7.90. The minimum absolute atomic E-state index is 0.185. The molecule has 1 heterocycles. The Kier molecular flexibility index (Phi) is 4.29. The van der Waals surface area contributed by atoms with Crippen LogP contribution >= 0.6 is 0 Å². The maximum atomic E-state index is 6.29. The molecule has 19 heavy (non-hydrogen) atoms. The molecule has 2 aliphatic rings. The summed E-state index contributed by atoms with van der Waals surface area (Å²) in [6.45, 7) is 13.5. The Labute approximate surface area is 119 Å². The van der Waals surface area contributed by atoms with E-state index in [1.165, 1.54) is 30.1 Å². The lowest BCUT2D eigenvalue weighted by Crippen LogP contribution is -2.47. The van der Waals surface area contributed by atoms with Gasteiger partial charge in [-0.15, -0.1) is 0 Å². The van der Waals surface area contributed by atoms with Crippen molar-refractivity contribution < 1.29 is 9.47 Å². The van der Waals surface area contributed by atoms with Crippen LogP contribution in [0.3, 0.4) is 0 Å². The highest BCUT2D eigenvalue weighted by Gasteiger charge is 2.52. The Bertz CT molecular complexity index is 349. The van der Waals surface area contributed by atoms with E-state index in [4.69, 9.17) is 9.47 Å². The molecule has 3 heteroatoms. The third-order valence-electron chi connectivity index (χ3n) is 5.45. The second-order valence-electron chi connectivity index (χ2n) is 6.81. The predicted octanol–water partition coefficient (Wildman–Crippen LogP) is 4.74. The van der Waals surface area contributed by atoms with Crippen molar-refractivity contribution in [1.29, 1.82) is 0 Å². The zero-order chi connectivity index (χ0) is 14.3. The van der Waals surface area contributed by atoms with Gasteiger partial charge in [0.05, 0.1) is 14.2 Å². The van der Waals surface area contributed by atoms with Crippen molar-refractivity contribution in [3.8, 4) is 0 Å². The summed E-state index contributed by atoms with van der Waals surface area (Å²) in [4.78, 5) is 0. The van der Waals surface area contributed by atoms with Crippen molar-refractivity contribution in [1.82, 2.24) is 0 Å². The molecular weight excluding hydrogens is 252 g/mol. The van der Waals surface area contributed by atoms with E-state index in [1.807, 2.05) is 0 Å². The van der Waals surface area contributed by atoms with Crippen LogP contribution in [0.25, 0.3) is 0 Å². The Morgan fingerprint density at radius 3 is 2.26 bits per heavy atom. The lowest BCUT2D eigenvalue weighted by Gasteiger charge is -2.43. The van der Waals surface area contributed by atoms with E-state index < -0.39 is 13.9 Å². The summed E-state index contributed by atoms with van der Waals surface area (Å²) < 4.78 is 12.4. The minimum atomic E-state index is -1.25. The second kappa shape index (κ2) is 5.34. The number of hydrogen-bond acceptors (Lipinski definition) is 2. The van der Waals surface area contributed by atoms with Gasteiger partial charge in [-0.05, 0) is 32.7 Å². The topological polar surface area (TPSA) is 18.5 Å². The molecule has 0 radical (unpaired) electrons. The van der Waals surface area contributed by atoms with E-state index in [1.54, 1.807) is 0 Å². The number of fused-ring (bicyclic) bond motifs is 1. The summed E-state index contributed by atoms with van der Waals surface area (Å²) in [6, 6.07) is 4.10. The Morgan fingerprint density at radius 2 is 1.74 bits per heavy atom. The standard InChI is InChI=1S/C16H30O2Si/c1-7-19(8-2,9-3)14-11-12(4)10-13-15(14)18-16(5,6)17-13/h10,13-15H,7-9,11H2,1-6H3/t13-,14-,15-/m0/s1. The molecular formula is C16H30O2Si. The summed E-state index contributed by atoms with van der Waals surface area (Å²) in [5.41, 5.74) is 2.23. The van der Waals surface area contributed by atoms with Crippen LogP contribution in [-0.4, -0.2) is 26.1 Å². The second-order valence-corrected chi connectivity index (χ2v) is 12.4. The molecule has 0 unspecified atom stereocenters. The van der Waals surface area contributed by atoms with Gasteiger partial charge in [0.1, 0.15) is 6.10 Å². The van der Waals surface area contributed by atoms with E-state index in [0.717, 1.165) is 5.54 Å². The largest absolute Gasteiger partial charge is 0.344 e. The number of ether oxygens (including phenoxy) is 2. The van der Waals surface area contributed by atoms with Crippen molar-refractivity contribution in [2.45, 2.75) is 89.6 Å².